The predicted molar refractivity (Wildman–Crippen MR) is 88.8 cm³/mol. The maximum Gasteiger partial charge on any atom is 0.257 e. The molecule has 2 atom stereocenters. The number of aryl methyl sites for hydroxylation is 1. The van der Waals surface area contributed by atoms with Gasteiger partial charge in [0.05, 0.1) is 19.1 Å². The van der Waals surface area contributed by atoms with Crippen molar-refractivity contribution in [2.75, 3.05) is 13.1 Å². The van der Waals surface area contributed by atoms with Gasteiger partial charge in [-0.1, -0.05) is 11.2 Å². The molecule has 1 amide bonds. The van der Waals surface area contributed by atoms with Crippen molar-refractivity contribution in [3.8, 4) is 0 Å². The lowest BCUT2D eigenvalue weighted by molar-refractivity contribution is -0.146. The molecule has 1 saturated heterocycles. The smallest absolute Gasteiger partial charge is 0.257 e. The Morgan fingerprint density at radius 3 is 2.96 bits per heavy atom. The summed E-state index contributed by atoms with van der Waals surface area (Å²) < 4.78 is 11.3. The lowest BCUT2D eigenvalue weighted by Gasteiger charge is -2.35. The number of amides is 1. The minimum absolute atomic E-state index is 0.0678. The van der Waals surface area contributed by atoms with E-state index in [9.17, 15) is 4.79 Å². The number of hydrogen-bond acceptors (Lipinski definition) is 6. The molecular formula is C18H22N4O3. The summed E-state index contributed by atoms with van der Waals surface area (Å²) >= 11 is 0. The van der Waals surface area contributed by atoms with Crippen LogP contribution in [0.3, 0.4) is 0 Å². The van der Waals surface area contributed by atoms with E-state index in [0.717, 1.165) is 29.9 Å². The van der Waals surface area contributed by atoms with Gasteiger partial charge in [-0.2, -0.15) is 4.98 Å². The minimum atomic E-state index is -0.359. The first kappa shape index (κ1) is 16.2. The van der Waals surface area contributed by atoms with Gasteiger partial charge >= 0.3 is 0 Å². The van der Waals surface area contributed by atoms with Gasteiger partial charge in [-0.3, -0.25) is 9.78 Å². The molecule has 1 aliphatic carbocycles. The monoisotopic (exact) mass is 342 g/mol. The van der Waals surface area contributed by atoms with Crippen LogP contribution in [0.4, 0.5) is 0 Å². The van der Waals surface area contributed by atoms with E-state index in [1.807, 2.05) is 30.9 Å². The topological polar surface area (TPSA) is 81.4 Å². The third-order valence-electron chi connectivity index (χ3n) is 4.75. The van der Waals surface area contributed by atoms with Crippen LogP contribution < -0.4 is 0 Å². The summed E-state index contributed by atoms with van der Waals surface area (Å²) in [5.41, 5.74) is 1.84. The molecule has 0 bridgehead atoms. The van der Waals surface area contributed by atoms with Crippen LogP contribution in [0.1, 0.15) is 54.8 Å². The van der Waals surface area contributed by atoms with Crippen LogP contribution in [0.2, 0.25) is 0 Å². The number of nitrogens with zero attached hydrogens (tertiary/aromatic N) is 4. The highest BCUT2D eigenvalue weighted by Crippen LogP contribution is 2.39. The molecule has 1 aliphatic heterocycles. The van der Waals surface area contributed by atoms with Crippen molar-refractivity contribution in [2.24, 2.45) is 0 Å². The lowest BCUT2D eigenvalue weighted by atomic mass is 10.1. The van der Waals surface area contributed by atoms with E-state index in [0.29, 0.717) is 31.3 Å². The van der Waals surface area contributed by atoms with E-state index in [2.05, 4.69) is 15.1 Å². The number of ether oxygens (including phenoxy) is 1. The first-order valence-electron chi connectivity index (χ1n) is 8.77. The van der Waals surface area contributed by atoms with E-state index < -0.39 is 0 Å². The third kappa shape index (κ3) is 3.56. The maximum absolute atomic E-state index is 12.7. The molecule has 7 nitrogen and oxygen atoms in total. The zero-order chi connectivity index (χ0) is 17.4. The highest BCUT2D eigenvalue weighted by atomic mass is 16.5. The molecule has 25 heavy (non-hydrogen) atoms. The van der Waals surface area contributed by atoms with Gasteiger partial charge in [0.25, 0.3) is 5.89 Å². The van der Waals surface area contributed by atoms with Gasteiger partial charge in [0.1, 0.15) is 0 Å². The number of rotatable bonds is 4. The number of carbonyl (C=O) groups excluding carboxylic acids is 1. The summed E-state index contributed by atoms with van der Waals surface area (Å²) in [6, 6.07) is 3.81. The summed E-state index contributed by atoms with van der Waals surface area (Å²) in [4.78, 5) is 23.3. The second-order valence-electron chi connectivity index (χ2n) is 6.92. The summed E-state index contributed by atoms with van der Waals surface area (Å²) in [5, 5.41) is 4.05. The Hall–Kier alpha value is -2.28. The molecule has 2 aromatic heterocycles. The fourth-order valence-corrected chi connectivity index (χ4v) is 3.16. The second-order valence-corrected chi connectivity index (χ2v) is 6.92. The van der Waals surface area contributed by atoms with Gasteiger partial charge in [0.15, 0.2) is 11.9 Å². The normalized spacial score (nSPS) is 23.7. The summed E-state index contributed by atoms with van der Waals surface area (Å²) in [7, 11) is 0. The van der Waals surface area contributed by atoms with Crippen molar-refractivity contribution in [1.82, 2.24) is 20.0 Å². The van der Waals surface area contributed by atoms with Gasteiger partial charge in [-0.05, 0) is 38.3 Å². The minimum Gasteiger partial charge on any atom is -0.362 e. The number of pyridine rings is 1. The van der Waals surface area contributed by atoms with Crippen LogP contribution in [0.25, 0.3) is 0 Å². The fourth-order valence-electron chi connectivity index (χ4n) is 3.16. The third-order valence-corrected chi connectivity index (χ3v) is 4.75. The molecule has 0 N–H and O–H groups in total. The molecule has 2 aliphatic rings. The standard InChI is InChI=1S/C18H22N4O3/c1-11-9-22(16(23)8-14-4-3-7-19-12(14)2)10-15(24-11)18-20-17(21-25-18)13-5-6-13/h3-4,7,11,13,15H,5-6,8-10H2,1-2H3/t11-,15-/m1/s1. The van der Waals surface area contributed by atoms with Crippen LogP contribution in [-0.2, 0) is 16.0 Å². The van der Waals surface area contributed by atoms with Crippen molar-refractivity contribution < 1.29 is 14.1 Å². The Morgan fingerprint density at radius 1 is 1.36 bits per heavy atom. The van der Waals surface area contributed by atoms with E-state index in [1.54, 1.807) is 6.20 Å². The highest BCUT2D eigenvalue weighted by Gasteiger charge is 2.35. The molecule has 4 rings (SSSR count). The predicted octanol–water partition coefficient (Wildman–Crippen LogP) is 2.18. The molecule has 7 heteroatoms. The molecule has 2 aromatic rings. The maximum atomic E-state index is 12.7. The van der Waals surface area contributed by atoms with Crippen LogP contribution in [0.5, 0.6) is 0 Å². The highest BCUT2D eigenvalue weighted by molar-refractivity contribution is 5.79. The Balaban J connectivity index is 1.46. The van der Waals surface area contributed by atoms with Gasteiger partial charge in [0, 0.05) is 24.4 Å². The fraction of sp³-hybridized carbons (Fsp3) is 0.556. The average molecular weight is 342 g/mol. The number of hydrogen-bond donors (Lipinski definition) is 0. The van der Waals surface area contributed by atoms with Crippen LogP contribution in [0.15, 0.2) is 22.9 Å². The van der Waals surface area contributed by atoms with Crippen molar-refractivity contribution in [2.45, 2.75) is 51.2 Å². The Labute approximate surface area is 146 Å². The molecule has 0 radical (unpaired) electrons. The summed E-state index contributed by atoms with van der Waals surface area (Å²) in [6.45, 7) is 4.89. The van der Waals surface area contributed by atoms with Crippen LogP contribution >= 0.6 is 0 Å². The largest absolute Gasteiger partial charge is 0.362 e. The van der Waals surface area contributed by atoms with Crippen molar-refractivity contribution in [3.05, 3.63) is 41.3 Å². The molecule has 3 heterocycles. The van der Waals surface area contributed by atoms with Gasteiger partial charge in [0.2, 0.25) is 5.91 Å². The molecule has 1 saturated carbocycles. The van der Waals surface area contributed by atoms with Crippen molar-refractivity contribution in [1.29, 1.82) is 0 Å². The molecular weight excluding hydrogens is 320 g/mol. The average Bonchev–Trinajstić information content (AvgIpc) is 3.33. The van der Waals surface area contributed by atoms with Crippen molar-refractivity contribution >= 4 is 5.91 Å². The van der Waals surface area contributed by atoms with E-state index in [-0.39, 0.29) is 18.1 Å². The number of aromatic nitrogens is 3. The lowest BCUT2D eigenvalue weighted by Crippen LogP contribution is -2.46. The number of carbonyl (C=O) groups is 1. The summed E-state index contributed by atoms with van der Waals surface area (Å²) in [5.74, 6) is 1.74. The first-order chi connectivity index (χ1) is 12.1. The molecule has 0 unspecified atom stereocenters. The Morgan fingerprint density at radius 2 is 2.20 bits per heavy atom. The van der Waals surface area contributed by atoms with Crippen LogP contribution in [0, 0.1) is 6.92 Å². The van der Waals surface area contributed by atoms with E-state index >= 15 is 0 Å². The molecule has 132 valence electrons. The van der Waals surface area contributed by atoms with Gasteiger partial charge in [-0.15, -0.1) is 0 Å². The molecule has 0 spiro atoms. The zero-order valence-corrected chi connectivity index (χ0v) is 14.5. The zero-order valence-electron chi connectivity index (χ0n) is 14.5. The van der Waals surface area contributed by atoms with Crippen molar-refractivity contribution in [3.63, 3.8) is 0 Å². The Bertz CT molecular complexity index is 771. The van der Waals surface area contributed by atoms with E-state index in [1.165, 1.54) is 0 Å². The van der Waals surface area contributed by atoms with Crippen LogP contribution in [-0.4, -0.2) is 45.1 Å². The number of morpholine rings is 1. The van der Waals surface area contributed by atoms with Gasteiger partial charge < -0.3 is 14.2 Å². The molecule has 0 aromatic carbocycles. The second kappa shape index (κ2) is 6.55. The SMILES string of the molecule is Cc1ncccc1CC(=O)N1C[C@@H](C)O[C@@H](c2nc(C3CC3)no2)C1. The first-order valence-corrected chi connectivity index (χ1v) is 8.77. The Kier molecular flexibility index (Phi) is 4.25. The summed E-state index contributed by atoms with van der Waals surface area (Å²) in [6.07, 6.45) is 3.89. The van der Waals surface area contributed by atoms with Gasteiger partial charge in [-0.25, -0.2) is 0 Å². The molecule has 2 fully saturated rings. The van der Waals surface area contributed by atoms with E-state index in [4.69, 9.17) is 9.26 Å². The quantitative estimate of drug-likeness (QED) is 0.847.